The van der Waals surface area contributed by atoms with Gasteiger partial charge < -0.3 is 4.42 Å². The highest BCUT2D eigenvalue weighted by atomic mass is 16.3. The summed E-state index contributed by atoms with van der Waals surface area (Å²) in [4.78, 5) is 2.53. The van der Waals surface area contributed by atoms with Crippen molar-refractivity contribution in [3.05, 3.63) is 42.4 Å². The van der Waals surface area contributed by atoms with Crippen molar-refractivity contribution < 1.29 is 4.42 Å². The van der Waals surface area contributed by atoms with Gasteiger partial charge in [0.05, 0.1) is 12.5 Å². The fourth-order valence-electron chi connectivity index (χ4n) is 3.53. The molecule has 2 nitrogen and oxygen atoms in total. The molecular weight excluding hydrogens is 222 g/mol. The Morgan fingerprint density at radius 1 is 1.17 bits per heavy atom. The van der Waals surface area contributed by atoms with Gasteiger partial charge in [0, 0.05) is 17.6 Å². The molecule has 2 atom stereocenters. The molecule has 0 radical (unpaired) electrons. The van der Waals surface area contributed by atoms with Crippen LogP contribution in [0.2, 0.25) is 0 Å². The van der Waals surface area contributed by atoms with Crippen molar-refractivity contribution in [2.24, 2.45) is 0 Å². The van der Waals surface area contributed by atoms with Gasteiger partial charge in [-0.05, 0) is 49.1 Å². The summed E-state index contributed by atoms with van der Waals surface area (Å²) in [7, 11) is 2.26. The van der Waals surface area contributed by atoms with Crippen molar-refractivity contribution in [2.75, 3.05) is 7.05 Å². The molecule has 0 amide bonds. The van der Waals surface area contributed by atoms with Crippen LogP contribution >= 0.6 is 0 Å². The smallest absolute Gasteiger partial charge is 0.0985 e. The van der Waals surface area contributed by atoms with E-state index in [0.717, 1.165) is 6.04 Å². The monoisotopic (exact) mass is 239 g/mol. The Hall–Kier alpha value is -1.54. The first-order chi connectivity index (χ1) is 8.83. The lowest BCUT2D eigenvalue weighted by atomic mass is 9.94. The Labute approximate surface area is 107 Å². The molecule has 92 valence electrons. The Morgan fingerprint density at radius 3 is 3.00 bits per heavy atom. The first-order valence-corrected chi connectivity index (χ1v) is 6.71. The summed E-state index contributed by atoms with van der Waals surface area (Å²) in [5.74, 6) is 0. The summed E-state index contributed by atoms with van der Waals surface area (Å²) in [6.45, 7) is 0. The van der Waals surface area contributed by atoms with Gasteiger partial charge in [-0.25, -0.2) is 0 Å². The highest BCUT2D eigenvalue weighted by Crippen LogP contribution is 2.41. The van der Waals surface area contributed by atoms with Crippen LogP contribution in [-0.4, -0.2) is 24.0 Å². The second-order valence-electron chi connectivity index (χ2n) is 5.53. The highest BCUT2D eigenvalue weighted by molar-refractivity contribution is 5.84. The van der Waals surface area contributed by atoms with Gasteiger partial charge in [-0.1, -0.05) is 18.2 Å². The van der Waals surface area contributed by atoms with Crippen LogP contribution in [0.25, 0.3) is 16.7 Å². The second-order valence-corrected chi connectivity index (χ2v) is 5.53. The summed E-state index contributed by atoms with van der Waals surface area (Å²) in [5.41, 5.74) is 5.42. The lowest BCUT2D eigenvalue weighted by molar-refractivity contribution is 0.264. The number of hydrogen-bond acceptors (Lipinski definition) is 2. The van der Waals surface area contributed by atoms with Crippen molar-refractivity contribution in [3.8, 4) is 11.1 Å². The van der Waals surface area contributed by atoms with Gasteiger partial charge in [0.1, 0.15) is 0 Å². The minimum absolute atomic E-state index is 0.643. The first-order valence-electron chi connectivity index (χ1n) is 6.71. The first kappa shape index (κ1) is 10.4. The fourth-order valence-corrected chi connectivity index (χ4v) is 3.53. The molecule has 2 heteroatoms. The number of likely N-dealkylation sites (N-methyl/N-ethyl adjacent to an activating group) is 1. The van der Waals surface area contributed by atoms with E-state index in [0.29, 0.717) is 6.04 Å². The number of rotatable bonds is 1. The van der Waals surface area contributed by atoms with Crippen LogP contribution < -0.4 is 0 Å². The molecule has 2 unspecified atom stereocenters. The van der Waals surface area contributed by atoms with Crippen LogP contribution in [0.4, 0.5) is 0 Å². The molecule has 0 N–H and O–H groups in total. The molecule has 3 aliphatic heterocycles. The predicted octanol–water partition coefficient (Wildman–Crippen LogP) is 3.63. The molecule has 4 rings (SSSR count). The quantitative estimate of drug-likeness (QED) is 0.755. The molecule has 0 aromatic rings. The van der Waals surface area contributed by atoms with E-state index in [1.54, 1.807) is 6.26 Å². The summed E-state index contributed by atoms with van der Waals surface area (Å²) in [6.07, 6.45) is 9.93. The predicted molar refractivity (Wildman–Crippen MR) is 72.5 cm³/mol. The summed E-state index contributed by atoms with van der Waals surface area (Å²) >= 11 is 0. The molecule has 1 aliphatic carbocycles. The number of nitrogens with zero attached hydrogens (tertiary/aromatic N) is 1. The maximum atomic E-state index is 5.33. The van der Waals surface area contributed by atoms with Crippen molar-refractivity contribution in [1.29, 1.82) is 0 Å². The summed E-state index contributed by atoms with van der Waals surface area (Å²) in [5, 5.41) is 0. The normalized spacial score (nSPS) is 27.7. The molecule has 0 aromatic carbocycles. The zero-order valence-corrected chi connectivity index (χ0v) is 10.6. The standard InChI is InChI=1S/C16H17NO/c1-17-13-3-4-14(17)9-12(8-13)15-5-2-11-6-7-18-10-16(11)15/h2,5-8,10,13-14H,3-4,9H2,1H3. The van der Waals surface area contributed by atoms with E-state index >= 15 is 0 Å². The van der Waals surface area contributed by atoms with Crippen LogP contribution in [0.5, 0.6) is 0 Å². The third-order valence-electron chi connectivity index (χ3n) is 4.63. The topological polar surface area (TPSA) is 16.4 Å². The minimum Gasteiger partial charge on any atom is -0.472 e. The van der Waals surface area contributed by atoms with E-state index in [1.807, 2.05) is 12.3 Å². The summed E-state index contributed by atoms with van der Waals surface area (Å²) in [6, 6.07) is 7.87. The molecule has 1 saturated heterocycles. The minimum atomic E-state index is 0.643. The molecule has 4 aliphatic rings. The van der Waals surface area contributed by atoms with Gasteiger partial charge in [0.25, 0.3) is 0 Å². The van der Waals surface area contributed by atoms with Crippen molar-refractivity contribution in [1.82, 2.24) is 4.90 Å². The summed E-state index contributed by atoms with van der Waals surface area (Å²) < 4.78 is 5.33. The van der Waals surface area contributed by atoms with E-state index in [2.05, 4.69) is 30.2 Å². The SMILES string of the molecule is CN1C2C=C(c3ccc4ccocc3-4)CC1CC2. The van der Waals surface area contributed by atoms with Crippen molar-refractivity contribution >= 4 is 5.57 Å². The molecule has 2 bridgehead atoms. The maximum absolute atomic E-state index is 5.33. The molecule has 0 aromatic heterocycles. The molecule has 18 heavy (non-hydrogen) atoms. The average molecular weight is 239 g/mol. The van der Waals surface area contributed by atoms with E-state index in [4.69, 9.17) is 4.42 Å². The number of fused-ring (bicyclic) bond motifs is 3. The van der Waals surface area contributed by atoms with E-state index in [1.165, 1.54) is 41.5 Å². The Bertz CT molecular complexity index is 583. The Morgan fingerprint density at radius 2 is 2.11 bits per heavy atom. The lowest BCUT2D eigenvalue weighted by Crippen LogP contribution is -2.34. The fraction of sp³-hybridized carbons (Fsp3) is 0.375. The Balaban J connectivity index is 1.79. The van der Waals surface area contributed by atoms with Gasteiger partial charge in [-0.15, -0.1) is 0 Å². The van der Waals surface area contributed by atoms with E-state index in [9.17, 15) is 0 Å². The average Bonchev–Trinajstić information content (AvgIpc) is 2.88. The molecule has 3 heterocycles. The van der Waals surface area contributed by atoms with Crippen LogP contribution in [0.15, 0.2) is 41.2 Å². The van der Waals surface area contributed by atoms with Crippen LogP contribution in [0.3, 0.4) is 0 Å². The van der Waals surface area contributed by atoms with Crippen LogP contribution in [0.1, 0.15) is 24.8 Å². The molecule has 0 saturated carbocycles. The highest BCUT2D eigenvalue weighted by Gasteiger charge is 2.34. The molecular formula is C16H17NO. The maximum Gasteiger partial charge on any atom is 0.0985 e. The zero-order valence-electron chi connectivity index (χ0n) is 10.6. The largest absolute Gasteiger partial charge is 0.472 e. The van der Waals surface area contributed by atoms with Crippen molar-refractivity contribution in [2.45, 2.75) is 31.3 Å². The van der Waals surface area contributed by atoms with Crippen molar-refractivity contribution in [3.63, 3.8) is 0 Å². The third kappa shape index (κ3) is 1.39. The van der Waals surface area contributed by atoms with E-state index < -0.39 is 0 Å². The van der Waals surface area contributed by atoms with Gasteiger partial charge in [-0.3, -0.25) is 4.90 Å². The number of hydrogen-bond donors (Lipinski definition) is 0. The van der Waals surface area contributed by atoms with E-state index in [-0.39, 0.29) is 0 Å². The Kier molecular flexibility index (Phi) is 2.15. The lowest BCUT2D eigenvalue weighted by Gasteiger charge is -2.30. The van der Waals surface area contributed by atoms with Gasteiger partial charge >= 0.3 is 0 Å². The van der Waals surface area contributed by atoms with Crippen LogP contribution in [0, 0.1) is 0 Å². The molecule has 0 spiro atoms. The zero-order chi connectivity index (χ0) is 12.1. The van der Waals surface area contributed by atoms with Gasteiger partial charge in [-0.2, -0.15) is 0 Å². The van der Waals surface area contributed by atoms with Gasteiger partial charge in [0.2, 0.25) is 0 Å². The second kappa shape index (κ2) is 3.72. The third-order valence-corrected chi connectivity index (χ3v) is 4.63. The van der Waals surface area contributed by atoms with Crippen LogP contribution in [-0.2, 0) is 0 Å². The molecule has 1 fully saturated rings. The van der Waals surface area contributed by atoms with Gasteiger partial charge in [0.15, 0.2) is 0 Å².